The van der Waals surface area contributed by atoms with E-state index in [2.05, 4.69) is 0 Å². The Balaban J connectivity index is 2.59. The minimum Gasteiger partial charge on any atom is -0.469 e. The molecule has 0 heterocycles. The van der Waals surface area contributed by atoms with Crippen LogP contribution in [-0.2, 0) is 9.53 Å². The van der Waals surface area contributed by atoms with Gasteiger partial charge in [0.25, 0.3) is 0 Å². The second kappa shape index (κ2) is 4.30. The number of methoxy groups -OCH3 is 1. The molecule has 1 aliphatic carbocycles. The number of esters is 1. The first-order chi connectivity index (χ1) is 6.48. The van der Waals surface area contributed by atoms with Gasteiger partial charge < -0.3 is 9.84 Å². The van der Waals surface area contributed by atoms with Crippen molar-refractivity contribution in [2.45, 2.75) is 45.6 Å². The van der Waals surface area contributed by atoms with Crippen LogP contribution in [0.25, 0.3) is 0 Å². The van der Waals surface area contributed by atoms with Crippen LogP contribution in [0.15, 0.2) is 0 Å². The molecule has 0 radical (unpaired) electrons. The fourth-order valence-electron chi connectivity index (χ4n) is 2.23. The molecule has 3 nitrogen and oxygen atoms in total. The highest BCUT2D eigenvalue weighted by Crippen LogP contribution is 2.38. The average Bonchev–Trinajstić information content (AvgIpc) is 2.17. The Kier molecular flexibility index (Phi) is 3.53. The summed E-state index contributed by atoms with van der Waals surface area (Å²) < 4.78 is 4.79. The summed E-state index contributed by atoms with van der Waals surface area (Å²) in [5.74, 6) is 0.206. The summed E-state index contributed by atoms with van der Waals surface area (Å²) >= 11 is 0. The van der Waals surface area contributed by atoms with E-state index in [1.807, 2.05) is 13.8 Å². The van der Waals surface area contributed by atoms with Crippen LogP contribution in [0.4, 0.5) is 0 Å². The molecule has 0 aliphatic heterocycles. The minimum absolute atomic E-state index is 0.140. The molecule has 0 saturated heterocycles. The number of ether oxygens (including phenoxy) is 1. The molecule has 0 aromatic heterocycles. The number of aliphatic hydroxyl groups is 1. The van der Waals surface area contributed by atoms with E-state index in [-0.39, 0.29) is 12.1 Å². The number of hydrogen-bond acceptors (Lipinski definition) is 3. The molecule has 0 aromatic rings. The first kappa shape index (κ1) is 11.5. The van der Waals surface area contributed by atoms with Crippen LogP contribution in [0.1, 0.15) is 39.5 Å². The largest absolute Gasteiger partial charge is 0.469 e. The zero-order valence-corrected chi connectivity index (χ0v) is 9.25. The topological polar surface area (TPSA) is 46.5 Å². The second-order valence-electron chi connectivity index (χ2n) is 4.72. The highest BCUT2D eigenvalue weighted by atomic mass is 16.5. The summed E-state index contributed by atoms with van der Waals surface area (Å²) in [7, 11) is 1.43. The predicted molar refractivity (Wildman–Crippen MR) is 53.8 cm³/mol. The molecule has 1 N–H and O–H groups in total. The summed E-state index contributed by atoms with van der Waals surface area (Å²) in [5, 5.41) is 9.37. The Bertz CT molecular complexity index is 203. The molecule has 0 bridgehead atoms. The fourth-order valence-corrected chi connectivity index (χ4v) is 2.23. The van der Waals surface area contributed by atoms with Crippen LogP contribution in [-0.4, -0.2) is 24.3 Å². The van der Waals surface area contributed by atoms with Crippen molar-refractivity contribution in [3.63, 3.8) is 0 Å². The fraction of sp³-hybridized carbons (Fsp3) is 0.909. The van der Waals surface area contributed by atoms with Crippen molar-refractivity contribution in [2.75, 3.05) is 7.11 Å². The number of hydrogen-bond donors (Lipinski definition) is 1. The van der Waals surface area contributed by atoms with Gasteiger partial charge in [0.2, 0.25) is 0 Å². The summed E-state index contributed by atoms with van der Waals surface area (Å²) in [5.41, 5.74) is -0.408. The lowest BCUT2D eigenvalue weighted by Gasteiger charge is -2.35. The van der Waals surface area contributed by atoms with Crippen LogP contribution < -0.4 is 0 Å². The van der Waals surface area contributed by atoms with E-state index in [1.54, 1.807) is 0 Å². The molecule has 14 heavy (non-hydrogen) atoms. The molecule has 0 amide bonds. The number of carbonyl (C=O) groups is 1. The van der Waals surface area contributed by atoms with Gasteiger partial charge in [-0.05, 0) is 45.4 Å². The molecule has 1 rings (SSSR count). The SMILES string of the molecule is COC(=O)C(C)(C)C1CCC(O)CC1. The van der Waals surface area contributed by atoms with Crippen molar-refractivity contribution in [3.05, 3.63) is 0 Å². The summed E-state index contributed by atoms with van der Waals surface area (Å²) in [4.78, 5) is 11.5. The van der Waals surface area contributed by atoms with Crippen molar-refractivity contribution in [1.29, 1.82) is 0 Å². The highest BCUT2D eigenvalue weighted by Gasteiger charge is 2.39. The molecule has 82 valence electrons. The third kappa shape index (κ3) is 2.27. The average molecular weight is 200 g/mol. The maximum absolute atomic E-state index is 11.5. The minimum atomic E-state index is -0.408. The van der Waals surface area contributed by atoms with Gasteiger partial charge in [-0.25, -0.2) is 0 Å². The van der Waals surface area contributed by atoms with Crippen molar-refractivity contribution in [3.8, 4) is 0 Å². The molecule has 0 aromatic carbocycles. The molecule has 1 fully saturated rings. The summed E-state index contributed by atoms with van der Waals surface area (Å²) in [6.45, 7) is 3.86. The molecule has 3 heteroatoms. The zero-order chi connectivity index (χ0) is 10.8. The summed E-state index contributed by atoms with van der Waals surface area (Å²) in [6, 6.07) is 0. The standard InChI is InChI=1S/C11H20O3/c1-11(2,10(13)14-3)8-4-6-9(12)7-5-8/h8-9,12H,4-7H2,1-3H3. The van der Waals surface area contributed by atoms with Crippen molar-refractivity contribution in [1.82, 2.24) is 0 Å². The van der Waals surface area contributed by atoms with E-state index in [1.165, 1.54) is 7.11 Å². The van der Waals surface area contributed by atoms with Crippen molar-refractivity contribution >= 4 is 5.97 Å². The van der Waals surface area contributed by atoms with Crippen LogP contribution >= 0.6 is 0 Å². The van der Waals surface area contributed by atoms with Gasteiger partial charge in [-0.3, -0.25) is 4.79 Å². The Morgan fingerprint density at radius 2 is 1.79 bits per heavy atom. The molecule has 0 unspecified atom stereocenters. The lowest BCUT2D eigenvalue weighted by molar-refractivity contribution is -0.155. The lowest BCUT2D eigenvalue weighted by atomic mass is 9.70. The highest BCUT2D eigenvalue weighted by molar-refractivity contribution is 5.76. The van der Waals surface area contributed by atoms with E-state index < -0.39 is 5.41 Å². The molecule has 0 spiro atoms. The van der Waals surface area contributed by atoms with Crippen molar-refractivity contribution in [2.24, 2.45) is 11.3 Å². The van der Waals surface area contributed by atoms with Crippen molar-refractivity contribution < 1.29 is 14.6 Å². The Morgan fingerprint density at radius 3 is 2.21 bits per heavy atom. The number of carbonyl (C=O) groups excluding carboxylic acids is 1. The normalized spacial score (nSPS) is 28.6. The Hall–Kier alpha value is -0.570. The lowest BCUT2D eigenvalue weighted by Crippen LogP contribution is -2.37. The predicted octanol–water partition coefficient (Wildman–Crippen LogP) is 1.74. The monoisotopic (exact) mass is 200 g/mol. The van der Waals surface area contributed by atoms with E-state index in [0.29, 0.717) is 5.92 Å². The summed E-state index contributed by atoms with van der Waals surface area (Å²) in [6.07, 6.45) is 3.29. The van der Waals surface area contributed by atoms with Gasteiger partial charge in [0.1, 0.15) is 0 Å². The third-order valence-corrected chi connectivity index (χ3v) is 3.43. The van der Waals surface area contributed by atoms with Crippen LogP contribution in [0.5, 0.6) is 0 Å². The van der Waals surface area contributed by atoms with Gasteiger partial charge in [-0.1, -0.05) is 0 Å². The Labute approximate surface area is 85.5 Å². The Morgan fingerprint density at radius 1 is 1.29 bits per heavy atom. The van der Waals surface area contributed by atoms with Gasteiger partial charge in [0.15, 0.2) is 0 Å². The maximum Gasteiger partial charge on any atom is 0.311 e. The molecule has 0 atom stereocenters. The smallest absolute Gasteiger partial charge is 0.311 e. The third-order valence-electron chi connectivity index (χ3n) is 3.43. The van der Waals surface area contributed by atoms with E-state index in [9.17, 15) is 9.90 Å². The van der Waals surface area contributed by atoms with Gasteiger partial charge in [0, 0.05) is 0 Å². The maximum atomic E-state index is 11.5. The molecular weight excluding hydrogens is 180 g/mol. The van der Waals surface area contributed by atoms with E-state index in [4.69, 9.17) is 4.74 Å². The van der Waals surface area contributed by atoms with Crippen LogP contribution in [0, 0.1) is 11.3 Å². The van der Waals surface area contributed by atoms with Gasteiger partial charge >= 0.3 is 5.97 Å². The molecular formula is C11H20O3. The van der Waals surface area contributed by atoms with Crippen LogP contribution in [0.3, 0.4) is 0 Å². The second-order valence-corrected chi connectivity index (χ2v) is 4.72. The molecule has 1 saturated carbocycles. The van der Waals surface area contributed by atoms with Gasteiger partial charge in [-0.2, -0.15) is 0 Å². The van der Waals surface area contributed by atoms with Gasteiger partial charge in [0.05, 0.1) is 18.6 Å². The van der Waals surface area contributed by atoms with E-state index in [0.717, 1.165) is 25.7 Å². The first-order valence-corrected chi connectivity index (χ1v) is 5.25. The number of aliphatic hydroxyl groups excluding tert-OH is 1. The quantitative estimate of drug-likeness (QED) is 0.691. The number of rotatable bonds is 2. The first-order valence-electron chi connectivity index (χ1n) is 5.25. The molecule has 1 aliphatic rings. The van der Waals surface area contributed by atoms with Crippen LogP contribution in [0.2, 0.25) is 0 Å². The van der Waals surface area contributed by atoms with E-state index >= 15 is 0 Å². The van der Waals surface area contributed by atoms with Gasteiger partial charge in [-0.15, -0.1) is 0 Å². The zero-order valence-electron chi connectivity index (χ0n) is 9.25.